The number of hydrogen-bond donors (Lipinski definition) is 0. The van der Waals surface area contributed by atoms with Gasteiger partial charge >= 0.3 is 0 Å². The van der Waals surface area contributed by atoms with Gasteiger partial charge in [0.1, 0.15) is 0 Å². The summed E-state index contributed by atoms with van der Waals surface area (Å²) in [4.78, 5) is 0. The van der Waals surface area contributed by atoms with E-state index in [0.717, 1.165) is 6.42 Å². The summed E-state index contributed by atoms with van der Waals surface area (Å²) >= 11 is 6.50. The summed E-state index contributed by atoms with van der Waals surface area (Å²) < 4.78 is 0. The smallest absolute Gasteiger partial charge is 0.0585 e. The Hall–Kier alpha value is -0.490. The van der Waals surface area contributed by atoms with Gasteiger partial charge in [-0.25, -0.2) is 0 Å². The van der Waals surface area contributed by atoms with E-state index in [-0.39, 0.29) is 5.38 Å². The second kappa shape index (κ2) is 10.3. The maximum absolute atomic E-state index is 6.50. The van der Waals surface area contributed by atoms with Crippen LogP contribution in [0.1, 0.15) is 94.6 Å². The molecular formula is C19H31Cl. The van der Waals surface area contributed by atoms with E-state index in [1.54, 1.807) is 0 Å². The second-order valence-electron chi connectivity index (χ2n) is 6.20. The molecule has 1 rings (SSSR count). The summed E-state index contributed by atoms with van der Waals surface area (Å²) in [6.45, 7) is 6.72. The third-order valence-electron chi connectivity index (χ3n) is 4.03. The van der Waals surface area contributed by atoms with Gasteiger partial charge in [-0.2, -0.15) is 0 Å². The van der Waals surface area contributed by atoms with Gasteiger partial charge in [0.25, 0.3) is 0 Å². The van der Waals surface area contributed by atoms with Crippen molar-refractivity contribution in [1.82, 2.24) is 0 Å². The fourth-order valence-electron chi connectivity index (χ4n) is 2.54. The molecule has 0 N–H and O–H groups in total. The lowest BCUT2D eigenvalue weighted by molar-refractivity contribution is 0.572. The molecule has 0 nitrogen and oxygen atoms in total. The van der Waals surface area contributed by atoms with Crippen LogP contribution in [0.5, 0.6) is 0 Å². The number of hydrogen-bond acceptors (Lipinski definition) is 0. The molecule has 1 aromatic rings. The van der Waals surface area contributed by atoms with E-state index < -0.39 is 0 Å². The van der Waals surface area contributed by atoms with Gasteiger partial charge in [0, 0.05) is 0 Å². The van der Waals surface area contributed by atoms with Crippen molar-refractivity contribution < 1.29 is 0 Å². The maximum Gasteiger partial charge on any atom is 0.0585 e. The van der Waals surface area contributed by atoms with Crippen molar-refractivity contribution in [2.45, 2.75) is 83.4 Å². The number of alkyl halides is 1. The lowest BCUT2D eigenvalue weighted by Gasteiger charge is -2.12. The molecule has 0 aliphatic carbocycles. The molecule has 0 aliphatic rings. The Morgan fingerprint density at radius 1 is 0.800 bits per heavy atom. The Morgan fingerprint density at radius 2 is 1.30 bits per heavy atom. The van der Waals surface area contributed by atoms with Crippen LogP contribution in [0.15, 0.2) is 24.3 Å². The van der Waals surface area contributed by atoms with Crippen molar-refractivity contribution in [2.75, 3.05) is 0 Å². The summed E-state index contributed by atoms with van der Waals surface area (Å²) in [6, 6.07) is 8.85. The van der Waals surface area contributed by atoms with Gasteiger partial charge in [-0.3, -0.25) is 0 Å². The van der Waals surface area contributed by atoms with Gasteiger partial charge < -0.3 is 0 Å². The van der Waals surface area contributed by atoms with Crippen LogP contribution in [0.25, 0.3) is 0 Å². The summed E-state index contributed by atoms with van der Waals surface area (Å²) in [5.41, 5.74) is 2.68. The zero-order valence-electron chi connectivity index (χ0n) is 13.5. The normalized spacial score (nSPS) is 12.8. The predicted octanol–water partition coefficient (Wildman–Crippen LogP) is 7.23. The lowest BCUT2D eigenvalue weighted by atomic mass is 9.99. The first-order chi connectivity index (χ1) is 9.65. The highest BCUT2D eigenvalue weighted by molar-refractivity contribution is 6.20. The quantitative estimate of drug-likeness (QED) is 0.315. The van der Waals surface area contributed by atoms with E-state index in [4.69, 9.17) is 11.6 Å². The van der Waals surface area contributed by atoms with Crippen molar-refractivity contribution >= 4 is 11.6 Å². The largest absolute Gasteiger partial charge is 0.118 e. The molecular weight excluding hydrogens is 264 g/mol. The first kappa shape index (κ1) is 17.6. The summed E-state index contributed by atoms with van der Waals surface area (Å²) in [5, 5.41) is 0.187. The number of rotatable bonds is 10. The van der Waals surface area contributed by atoms with Crippen LogP contribution in [-0.2, 0) is 0 Å². The number of benzene rings is 1. The topological polar surface area (TPSA) is 0 Å². The molecule has 0 saturated heterocycles. The van der Waals surface area contributed by atoms with Gasteiger partial charge in [-0.05, 0) is 23.5 Å². The Kier molecular flexibility index (Phi) is 9.02. The van der Waals surface area contributed by atoms with Crippen molar-refractivity contribution in [2.24, 2.45) is 0 Å². The zero-order chi connectivity index (χ0) is 14.8. The zero-order valence-corrected chi connectivity index (χ0v) is 14.3. The Labute approximate surface area is 130 Å². The van der Waals surface area contributed by atoms with E-state index in [9.17, 15) is 0 Å². The van der Waals surface area contributed by atoms with Crippen molar-refractivity contribution in [3.8, 4) is 0 Å². The minimum Gasteiger partial charge on any atom is -0.118 e. The molecule has 1 unspecified atom stereocenters. The summed E-state index contributed by atoms with van der Waals surface area (Å²) in [5.74, 6) is 0.598. The van der Waals surface area contributed by atoms with Crippen LogP contribution in [0.2, 0.25) is 0 Å². The van der Waals surface area contributed by atoms with E-state index in [2.05, 4.69) is 45.0 Å². The lowest BCUT2D eigenvalue weighted by Crippen LogP contribution is -1.93. The second-order valence-corrected chi connectivity index (χ2v) is 6.73. The minimum atomic E-state index is 0.187. The van der Waals surface area contributed by atoms with Crippen LogP contribution >= 0.6 is 11.6 Å². The molecule has 1 aromatic carbocycles. The molecule has 114 valence electrons. The third-order valence-corrected chi connectivity index (χ3v) is 4.50. The Balaban J connectivity index is 2.20. The van der Waals surface area contributed by atoms with Gasteiger partial charge in [0.15, 0.2) is 0 Å². The van der Waals surface area contributed by atoms with Gasteiger partial charge in [0.2, 0.25) is 0 Å². The standard InChI is InChI=1S/C19H31Cl/c1-4-5-6-7-8-9-10-11-19(20)18-14-12-17(13-15-18)16(2)3/h12-16,19H,4-11H2,1-3H3. The Bertz CT molecular complexity index is 339. The number of halogens is 1. The van der Waals surface area contributed by atoms with Gasteiger partial charge in [-0.1, -0.05) is 90.0 Å². The summed E-state index contributed by atoms with van der Waals surface area (Å²) in [7, 11) is 0. The van der Waals surface area contributed by atoms with E-state index in [0.29, 0.717) is 5.92 Å². The van der Waals surface area contributed by atoms with Crippen molar-refractivity contribution in [3.63, 3.8) is 0 Å². The molecule has 0 aliphatic heterocycles. The van der Waals surface area contributed by atoms with Crippen LogP contribution in [0.4, 0.5) is 0 Å². The average Bonchev–Trinajstić information content (AvgIpc) is 2.46. The monoisotopic (exact) mass is 294 g/mol. The number of unbranched alkanes of at least 4 members (excludes halogenated alkanes) is 6. The maximum atomic E-state index is 6.50. The molecule has 0 saturated carbocycles. The van der Waals surface area contributed by atoms with E-state index in [1.165, 1.54) is 56.1 Å². The highest BCUT2D eigenvalue weighted by Gasteiger charge is 2.08. The summed E-state index contributed by atoms with van der Waals surface area (Å²) in [6.07, 6.45) is 10.6. The van der Waals surface area contributed by atoms with E-state index in [1.807, 2.05) is 0 Å². The molecule has 1 atom stereocenters. The molecule has 1 heteroatoms. The highest BCUT2D eigenvalue weighted by Crippen LogP contribution is 2.28. The minimum absolute atomic E-state index is 0.187. The van der Waals surface area contributed by atoms with Crippen LogP contribution in [0, 0.1) is 0 Å². The fraction of sp³-hybridized carbons (Fsp3) is 0.684. The first-order valence-corrected chi connectivity index (χ1v) is 8.82. The van der Waals surface area contributed by atoms with Gasteiger partial charge in [0.05, 0.1) is 5.38 Å². The van der Waals surface area contributed by atoms with Crippen LogP contribution in [0.3, 0.4) is 0 Å². The molecule has 0 amide bonds. The van der Waals surface area contributed by atoms with Crippen molar-refractivity contribution in [3.05, 3.63) is 35.4 Å². The fourth-order valence-corrected chi connectivity index (χ4v) is 2.84. The van der Waals surface area contributed by atoms with E-state index >= 15 is 0 Å². The molecule has 0 aromatic heterocycles. The molecule has 0 radical (unpaired) electrons. The average molecular weight is 295 g/mol. The molecule has 20 heavy (non-hydrogen) atoms. The molecule has 0 fully saturated rings. The first-order valence-electron chi connectivity index (χ1n) is 8.39. The molecule has 0 bridgehead atoms. The third kappa shape index (κ3) is 6.79. The van der Waals surface area contributed by atoms with Crippen molar-refractivity contribution in [1.29, 1.82) is 0 Å². The SMILES string of the molecule is CCCCCCCCCC(Cl)c1ccc(C(C)C)cc1. The molecule has 0 heterocycles. The Morgan fingerprint density at radius 3 is 1.85 bits per heavy atom. The van der Waals surface area contributed by atoms with Crippen LogP contribution in [-0.4, -0.2) is 0 Å². The highest BCUT2D eigenvalue weighted by atomic mass is 35.5. The predicted molar refractivity (Wildman–Crippen MR) is 91.7 cm³/mol. The van der Waals surface area contributed by atoms with Crippen LogP contribution < -0.4 is 0 Å². The molecule has 0 spiro atoms. The van der Waals surface area contributed by atoms with Gasteiger partial charge in [-0.15, -0.1) is 11.6 Å².